The summed E-state index contributed by atoms with van der Waals surface area (Å²) in [5.41, 5.74) is 0. The van der Waals surface area contributed by atoms with Gasteiger partial charge in [0.15, 0.2) is 0 Å². The third kappa shape index (κ3) is 10.2. The van der Waals surface area contributed by atoms with Crippen LogP contribution >= 0.6 is 0 Å². The van der Waals surface area contributed by atoms with Crippen LogP contribution in [0, 0.1) is 0 Å². The summed E-state index contributed by atoms with van der Waals surface area (Å²) in [6.45, 7) is 0.778. The van der Waals surface area contributed by atoms with Crippen LogP contribution in [0.25, 0.3) is 0 Å². The van der Waals surface area contributed by atoms with E-state index < -0.39 is 12.7 Å². The Bertz CT molecular complexity index is 167. The van der Waals surface area contributed by atoms with Crippen LogP contribution < -0.4 is 10.6 Å². The Morgan fingerprint density at radius 3 is 2.25 bits per heavy atom. The van der Waals surface area contributed by atoms with Crippen LogP contribution in [0.2, 0.25) is 0 Å². The van der Waals surface area contributed by atoms with Crippen molar-refractivity contribution in [1.82, 2.24) is 10.6 Å². The molecule has 0 amide bonds. The van der Waals surface area contributed by atoms with Crippen molar-refractivity contribution in [3.63, 3.8) is 0 Å². The van der Waals surface area contributed by atoms with Crippen molar-refractivity contribution in [2.24, 2.45) is 0 Å². The van der Waals surface area contributed by atoms with Gasteiger partial charge in [-0.1, -0.05) is 0 Å². The van der Waals surface area contributed by atoms with Gasteiger partial charge < -0.3 is 20.1 Å². The molecule has 0 saturated heterocycles. The smallest absolute Gasteiger partial charge is 0.382 e. The molecular weight excluding hydrogens is 225 g/mol. The molecule has 0 aliphatic rings. The third-order valence-electron chi connectivity index (χ3n) is 1.86. The van der Waals surface area contributed by atoms with Gasteiger partial charge >= 0.3 is 6.18 Å². The van der Waals surface area contributed by atoms with E-state index in [9.17, 15) is 13.2 Å². The van der Waals surface area contributed by atoms with Crippen molar-refractivity contribution in [2.75, 3.05) is 47.0 Å². The van der Waals surface area contributed by atoms with Crippen molar-refractivity contribution in [1.29, 1.82) is 0 Å². The molecule has 7 heteroatoms. The summed E-state index contributed by atoms with van der Waals surface area (Å²) in [5, 5.41) is 5.26. The molecule has 4 nitrogen and oxygen atoms in total. The van der Waals surface area contributed by atoms with Gasteiger partial charge in [-0.3, -0.25) is 0 Å². The van der Waals surface area contributed by atoms with Crippen LogP contribution in [0.1, 0.15) is 0 Å². The number of alkyl halides is 3. The van der Waals surface area contributed by atoms with Crippen LogP contribution in [-0.2, 0) is 9.47 Å². The van der Waals surface area contributed by atoms with Gasteiger partial charge in [0.25, 0.3) is 0 Å². The number of methoxy groups -OCH3 is 2. The number of halogens is 3. The Hall–Kier alpha value is -0.370. The zero-order chi connectivity index (χ0) is 12.4. The molecule has 1 unspecified atom stereocenters. The van der Waals surface area contributed by atoms with E-state index in [2.05, 4.69) is 10.6 Å². The molecule has 0 aromatic heterocycles. The minimum atomic E-state index is -4.15. The molecule has 2 N–H and O–H groups in total. The second kappa shape index (κ2) is 8.74. The van der Waals surface area contributed by atoms with Crippen molar-refractivity contribution in [3.8, 4) is 0 Å². The fourth-order valence-corrected chi connectivity index (χ4v) is 1.07. The summed E-state index contributed by atoms with van der Waals surface area (Å²) >= 11 is 0. The predicted octanol–water partition coefficient (Wildman–Crippen LogP) is 0.389. The number of nitrogens with one attached hydrogen (secondary N) is 2. The molecule has 0 aliphatic heterocycles. The predicted molar refractivity (Wildman–Crippen MR) is 54.5 cm³/mol. The maximum atomic E-state index is 11.7. The van der Waals surface area contributed by atoms with Gasteiger partial charge in [-0.15, -0.1) is 0 Å². The summed E-state index contributed by atoms with van der Waals surface area (Å²) in [7, 11) is 3.13. The first-order chi connectivity index (χ1) is 7.49. The highest BCUT2D eigenvalue weighted by Gasteiger charge is 2.25. The molecule has 0 spiro atoms. The Kier molecular flexibility index (Phi) is 8.54. The van der Waals surface area contributed by atoms with Crippen LogP contribution in [-0.4, -0.2) is 59.3 Å². The lowest BCUT2D eigenvalue weighted by Gasteiger charge is -2.15. The zero-order valence-electron chi connectivity index (χ0n) is 9.56. The largest absolute Gasteiger partial charge is 0.401 e. The van der Waals surface area contributed by atoms with E-state index in [-0.39, 0.29) is 12.6 Å². The highest BCUT2D eigenvalue weighted by Crippen LogP contribution is 2.11. The number of rotatable bonds is 9. The maximum Gasteiger partial charge on any atom is 0.401 e. The molecule has 0 radical (unpaired) electrons. The summed E-state index contributed by atoms with van der Waals surface area (Å²) < 4.78 is 45.1. The number of hydrogen-bond acceptors (Lipinski definition) is 4. The number of ether oxygens (including phenoxy) is 2. The van der Waals surface area contributed by atoms with E-state index in [0.717, 1.165) is 0 Å². The second-order valence-corrected chi connectivity index (χ2v) is 3.31. The molecule has 0 rings (SSSR count). The van der Waals surface area contributed by atoms with Gasteiger partial charge in [-0.05, 0) is 0 Å². The lowest BCUT2D eigenvalue weighted by Crippen LogP contribution is -2.38. The van der Waals surface area contributed by atoms with E-state index >= 15 is 0 Å². The lowest BCUT2D eigenvalue weighted by atomic mass is 10.3. The summed E-state index contributed by atoms with van der Waals surface area (Å²) in [5.74, 6) is 0. The topological polar surface area (TPSA) is 42.5 Å². The Morgan fingerprint density at radius 2 is 1.75 bits per heavy atom. The minimum absolute atomic E-state index is 0.0763. The summed E-state index contributed by atoms with van der Waals surface area (Å²) in [4.78, 5) is 0. The normalized spacial score (nSPS) is 14.1. The fourth-order valence-electron chi connectivity index (χ4n) is 1.07. The molecule has 0 saturated carbocycles. The number of hydrogen-bond donors (Lipinski definition) is 2. The first-order valence-electron chi connectivity index (χ1n) is 4.99. The van der Waals surface area contributed by atoms with Gasteiger partial charge in [0.05, 0.1) is 19.3 Å². The van der Waals surface area contributed by atoms with Gasteiger partial charge in [0.2, 0.25) is 0 Å². The molecule has 0 aromatic rings. The maximum absolute atomic E-state index is 11.7. The lowest BCUT2D eigenvalue weighted by molar-refractivity contribution is -0.124. The Labute approximate surface area is 93.5 Å². The Morgan fingerprint density at radius 1 is 1.12 bits per heavy atom. The van der Waals surface area contributed by atoms with Crippen molar-refractivity contribution < 1.29 is 22.6 Å². The fraction of sp³-hybridized carbons (Fsp3) is 1.00. The van der Waals surface area contributed by atoms with Crippen LogP contribution in [0.4, 0.5) is 13.2 Å². The van der Waals surface area contributed by atoms with Gasteiger partial charge in [0, 0.05) is 33.9 Å². The molecule has 0 aliphatic carbocycles. The van der Waals surface area contributed by atoms with E-state index in [1.54, 1.807) is 14.2 Å². The molecule has 0 heterocycles. The molecule has 1 atom stereocenters. The SMILES string of the molecule is COCC(CNCCNCC(F)(F)F)OC. The third-order valence-corrected chi connectivity index (χ3v) is 1.86. The van der Waals surface area contributed by atoms with E-state index in [1.165, 1.54) is 0 Å². The van der Waals surface area contributed by atoms with Crippen LogP contribution in [0.5, 0.6) is 0 Å². The van der Waals surface area contributed by atoms with E-state index in [1.807, 2.05) is 0 Å². The molecule has 16 heavy (non-hydrogen) atoms. The Balaban J connectivity index is 3.32. The van der Waals surface area contributed by atoms with Gasteiger partial charge in [-0.25, -0.2) is 0 Å². The van der Waals surface area contributed by atoms with Crippen LogP contribution in [0.15, 0.2) is 0 Å². The van der Waals surface area contributed by atoms with E-state index in [0.29, 0.717) is 19.7 Å². The highest BCUT2D eigenvalue weighted by atomic mass is 19.4. The highest BCUT2D eigenvalue weighted by molar-refractivity contribution is 4.62. The van der Waals surface area contributed by atoms with Crippen molar-refractivity contribution >= 4 is 0 Å². The van der Waals surface area contributed by atoms with Crippen molar-refractivity contribution in [2.45, 2.75) is 12.3 Å². The molecular formula is C9H19F3N2O2. The van der Waals surface area contributed by atoms with Gasteiger partial charge in [0.1, 0.15) is 0 Å². The van der Waals surface area contributed by atoms with E-state index in [4.69, 9.17) is 9.47 Å². The zero-order valence-corrected chi connectivity index (χ0v) is 9.56. The first kappa shape index (κ1) is 15.6. The average molecular weight is 244 g/mol. The van der Waals surface area contributed by atoms with Crippen molar-refractivity contribution in [3.05, 3.63) is 0 Å². The average Bonchev–Trinajstić information content (AvgIpc) is 2.20. The summed E-state index contributed by atoms with van der Waals surface area (Å²) in [6.07, 6.45) is -4.22. The van der Waals surface area contributed by atoms with Gasteiger partial charge in [-0.2, -0.15) is 13.2 Å². The monoisotopic (exact) mass is 244 g/mol. The summed E-state index contributed by atoms with van der Waals surface area (Å²) in [6, 6.07) is 0. The minimum Gasteiger partial charge on any atom is -0.382 e. The van der Waals surface area contributed by atoms with Crippen LogP contribution in [0.3, 0.4) is 0 Å². The quantitative estimate of drug-likeness (QED) is 0.576. The first-order valence-corrected chi connectivity index (χ1v) is 4.99. The molecule has 98 valence electrons. The molecule has 0 aromatic carbocycles. The second-order valence-electron chi connectivity index (χ2n) is 3.31. The molecule has 0 fully saturated rings. The standard InChI is InChI=1S/C9H19F3N2O2/c1-15-6-8(16-2)5-13-3-4-14-7-9(10,11)12/h8,13-14H,3-7H2,1-2H3. The molecule has 0 bridgehead atoms.